The molecule has 5 nitrogen and oxygen atoms in total. The molecule has 0 spiro atoms. The number of ether oxygens (including phenoxy) is 2. The molecule has 0 aliphatic carbocycles. The van der Waals surface area contributed by atoms with Crippen LogP contribution in [0.5, 0.6) is 5.75 Å². The van der Waals surface area contributed by atoms with Crippen molar-refractivity contribution in [1.82, 2.24) is 0 Å². The van der Waals surface area contributed by atoms with Gasteiger partial charge in [-0.2, -0.15) is 0 Å². The van der Waals surface area contributed by atoms with Crippen molar-refractivity contribution in [2.75, 3.05) is 11.9 Å². The van der Waals surface area contributed by atoms with Gasteiger partial charge in [0.05, 0.1) is 5.92 Å². The average Bonchev–Trinajstić information content (AvgIpc) is 2.63. The second kappa shape index (κ2) is 8.01. The van der Waals surface area contributed by atoms with Crippen LogP contribution in [0.2, 0.25) is 5.02 Å². The lowest BCUT2D eigenvalue weighted by Crippen LogP contribution is -2.36. The molecule has 142 valence electrons. The first-order valence-corrected chi connectivity index (χ1v) is 9.21. The normalized spacial score (nSPS) is 16.7. The van der Waals surface area contributed by atoms with Gasteiger partial charge < -0.3 is 14.8 Å². The van der Waals surface area contributed by atoms with E-state index in [1.54, 1.807) is 25.1 Å². The Kier molecular flexibility index (Phi) is 5.71. The van der Waals surface area contributed by atoms with Crippen LogP contribution in [0.1, 0.15) is 23.6 Å². The second-order valence-electron chi connectivity index (χ2n) is 6.85. The third-order valence-electron chi connectivity index (χ3n) is 4.58. The van der Waals surface area contributed by atoms with Gasteiger partial charge in [0.25, 0.3) is 5.91 Å². The van der Waals surface area contributed by atoms with Crippen LogP contribution in [0.3, 0.4) is 0 Å². The molecule has 0 bridgehead atoms. The summed E-state index contributed by atoms with van der Waals surface area (Å²) < 4.78 is 11.0. The first-order chi connectivity index (χ1) is 12.8. The van der Waals surface area contributed by atoms with Crippen LogP contribution >= 0.6 is 11.6 Å². The van der Waals surface area contributed by atoms with E-state index in [0.717, 1.165) is 22.4 Å². The van der Waals surface area contributed by atoms with Crippen molar-refractivity contribution in [3.63, 3.8) is 0 Å². The highest BCUT2D eigenvalue weighted by Gasteiger charge is 2.30. The van der Waals surface area contributed by atoms with Crippen LogP contribution in [0, 0.1) is 19.8 Å². The van der Waals surface area contributed by atoms with Crippen molar-refractivity contribution >= 4 is 29.2 Å². The first-order valence-electron chi connectivity index (χ1n) is 8.83. The van der Waals surface area contributed by atoms with E-state index in [-0.39, 0.29) is 12.5 Å². The van der Waals surface area contributed by atoms with Crippen LogP contribution in [0.15, 0.2) is 36.4 Å². The molecule has 0 unspecified atom stereocenters. The number of rotatable bonds is 4. The zero-order valence-electron chi connectivity index (χ0n) is 15.5. The van der Waals surface area contributed by atoms with Crippen molar-refractivity contribution in [2.45, 2.75) is 33.3 Å². The molecular weight excluding hydrogens is 366 g/mol. The van der Waals surface area contributed by atoms with Gasteiger partial charge in [-0.1, -0.05) is 23.7 Å². The van der Waals surface area contributed by atoms with Gasteiger partial charge in [0.1, 0.15) is 12.4 Å². The summed E-state index contributed by atoms with van der Waals surface area (Å²) in [6.45, 7) is 5.64. The lowest BCUT2D eigenvalue weighted by atomic mass is 9.97. The number of nitrogens with one attached hydrogen (secondary N) is 1. The molecule has 2 atom stereocenters. The Morgan fingerprint density at radius 3 is 2.78 bits per heavy atom. The number of carbonyl (C=O) groups is 2. The fraction of sp³-hybridized carbons (Fsp3) is 0.333. The predicted molar refractivity (Wildman–Crippen MR) is 104 cm³/mol. The molecule has 0 fully saturated rings. The molecule has 27 heavy (non-hydrogen) atoms. The Balaban J connectivity index is 1.60. The van der Waals surface area contributed by atoms with Gasteiger partial charge >= 0.3 is 5.97 Å². The Morgan fingerprint density at radius 2 is 2.00 bits per heavy atom. The zero-order valence-corrected chi connectivity index (χ0v) is 16.3. The summed E-state index contributed by atoms with van der Waals surface area (Å²) in [5.74, 6) is -0.558. The van der Waals surface area contributed by atoms with Gasteiger partial charge in [-0.3, -0.25) is 9.59 Å². The van der Waals surface area contributed by atoms with Crippen LogP contribution in [0.4, 0.5) is 5.69 Å². The predicted octanol–water partition coefficient (Wildman–Crippen LogP) is 4.08. The number of carbonyl (C=O) groups excluding carboxylic acids is 2. The topological polar surface area (TPSA) is 64.6 Å². The van der Waals surface area contributed by atoms with Crippen molar-refractivity contribution in [3.8, 4) is 5.75 Å². The summed E-state index contributed by atoms with van der Waals surface area (Å²) in [6.07, 6.45) is -0.432. The lowest BCUT2D eigenvalue weighted by Gasteiger charge is -2.25. The fourth-order valence-corrected chi connectivity index (χ4v) is 3.14. The lowest BCUT2D eigenvalue weighted by molar-refractivity contribution is -0.158. The number of anilines is 1. The molecule has 2 aromatic rings. The quantitative estimate of drug-likeness (QED) is 0.803. The number of benzene rings is 2. The largest absolute Gasteiger partial charge is 0.492 e. The highest BCUT2D eigenvalue weighted by Crippen LogP contribution is 2.30. The molecule has 3 rings (SSSR count). The maximum absolute atomic E-state index is 12.5. The summed E-state index contributed by atoms with van der Waals surface area (Å²) in [5.41, 5.74) is 3.56. The smallest absolute Gasteiger partial charge is 0.313 e. The Bertz CT molecular complexity index is 880. The summed E-state index contributed by atoms with van der Waals surface area (Å²) in [6, 6.07) is 11.1. The minimum absolute atomic E-state index is 0.221. The molecule has 0 saturated carbocycles. The zero-order chi connectivity index (χ0) is 19.6. The first kappa shape index (κ1) is 19.2. The van der Waals surface area contributed by atoms with E-state index < -0.39 is 18.0 Å². The van der Waals surface area contributed by atoms with Gasteiger partial charge in [-0.15, -0.1) is 0 Å². The number of esters is 1. The highest BCUT2D eigenvalue weighted by molar-refractivity contribution is 6.30. The van der Waals surface area contributed by atoms with Crippen molar-refractivity contribution in [3.05, 3.63) is 58.1 Å². The van der Waals surface area contributed by atoms with Crippen LogP contribution < -0.4 is 10.1 Å². The van der Waals surface area contributed by atoms with E-state index in [0.29, 0.717) is 17.1 Å². The standard InChI is InChI=1S/C21H22ClNO4/c1-12-4-5-13(2)18(8-12)23-20(24)14(3)27-21(25)16-9-15-10-17(22)6-7-19(15)26-11-16/h4-8,10,14,16H,9,11H2,1-3H3,(H,23,24)/t14-,16-/m0/s1. The number of hydrogen-bond donors (Lipinski definition) is 1. The van der Waals surface area contributed by atoms with E-state index >= 15 is 0 Å². The Morgan fingerprint density at radius 1 is 1.22 bits per heavy atom. The maximum Gasteiger partial charge on any atom is 0.313 e. The number of aryl methyl sites for hydroxylation is 2. The molecule has 0 saturated heterocycles. The van der Waals surface area contributed by atoms with Gasteiger partial charge in [-0.05, 0) is 68.1 Å². The van der Waals surface area contributed by atoms with E-state index in [2.05, 4.69) is 5.32 Å². The summed E-state index contributed by atoms with van der Waals surface area (Å²) in [7, 11) is 0. The molecule has 1 heterocycles. The summed E-state index contributed by atoms with van der Waals surface area (Å²) in [5, 5.41) is 3.41. The van der Waals surface area contributed by atoms with Crippen LogP contribution in [-0.2, 0) is 20.7 Å². The van der Waals surface area contributed by atoms with Crippen LogP contribution in [0.25, 0.3) is 0 Å². The van der Waals surface area contributed by atoms with Gasteiger partial charge in [0, 0.05) is 10.7 Å². The molecule has 0 aromatic heterocycles. The van der Waals surface area contributed by atoms with Crippen molar-refractivity contribution in [1.29, 1.82) is 0 Å². The van der Waals surface area contributed by atoms with E-state index in [9.17, 15) is 9.59 Å². The molecule has 1 amide bonds. The second-order valence-corrected chi connectivity index (χ2v) is 7.29. The third-order valence-corrected chi connectivity index (χ3v) is 4.81. The molecule has 2 aromatic carbocycles. The molecule has 6 heteroatoms. The van der Waals surface area contributed by atoms with Crippen molar-refractivity contribution < 1.29 is 19.1 Å². The maximum atomic E-state index is 12.5. The third kappa shape index (κ3) is 4.61. The molecule has 1 aliphatic rings. The van der Waals surface area contributed by atoms with Crippen LogP contribution in [-0.4, -0.2) is 24.6 Å². The Labute approximate surface area is 163 Å². The molecule has 1 N–H and O–H groups in total. The van der Waals surface area contributed by atoms with E-state index in [4.69, 9.17) is 21.1 Å². The SMILES string of the molecule is Cc1ccc(C)c(NC(=O)[C@H](C)OC(=O)[C@@H]2COc3ccc(Cl)cc3C2)c1. The molecular formula is C21H22ClNO4. The number of halogens is 1. The van der Waals surface area contributed by atoms with E-state index in [1.165, 1.54) is 0 Å². The highest BCUT2D eigenvalue weighted by atomic mass is 35.5. The summed E-state index contributed by atoms with van der Waals surface area (Å²) >= 11 is 6.01. The number of fused-ring (bicyclic) bond motifs is 1. The monoisotopic (exact) mass is 387 g/mol. The number of hydrogen-bond acceptors (Lipinski definition) is 4. The summed E-state index contributed by atoms with van der Waals surface area (Å²) in [4.78, 5) is 24.9. The van der Waals surface area contributed by atoms with Gasteiger partial charge in [0.15, 0.2) is 6.10 Å². The minimum atomic E-state index is -0.904. The fourth-order valence-electron chi connectivity index (χ4n) is 2.94. The molecule has 1 aliphatic heterocycles. The Hall–Kier alpha value is -2.53. The molecule has 0 radical (unpaired) electrons. The van der Waals surface area contributed by atoms with Crippen molar-refractivity contribution in [2.24, 2.45) is 5.92 Å². The average molecular weight is 388 g/mol. The van der Waals surface area contributed by atoms with E-state index in [1.807, 2.05) is 32.0 Å². The van der Waals surface area contributed by atoms with Gasteiger partial charge in [-0.25, -0.2) is 0 Å². The number of amides is 1. The van der Waals surface area contributed by atoms with Gasteiger partial charge in [0.2, 0.25) is 0 Å². The minimum Gasteiger partial charge on any atom is -0.492 e.